The highest BCUT2D eigenvalue weighted by Crippen LogP contribution is 2.13. The van der Waals surface area contributed by atoms with Gasteiger partial charge in [0.25, 0.3) is 0 Å². The lowest BCUT2D eigenvalue weighted by atomic mass is 10.2. The average molecular weight is 457 g/mol. The molecule has 0 bridgehead atoms. The summed E-state index contributed by atoms with van der Waals surface area (Å²) in [6.45, 7) is 11.4. The molecule has 0 saturated carbocycles. The van der Waals surface area contributed by atoms with E-state index in [9.17, 15) is 4.79 Å². The fourth-order valence-corrected chi connectivity index (χ4v) is 2.28. The Hall–Kier alpha value is -2.17. The van der Waals surface area contributed by atoms with Gasteiger partial charge in [0.15, 0.2) is 0 Å². The van der Waals surface area contributed by atoms with Crippen molar-refractivity contribution in [1.82, 2.24) is 0 Å². The van der Waals surface area contributed by atoms with Crippen LogP contribution < -0.4 is 4.74 Å². The Kier molecular flexibility index (Phi) is 18.0. The van der Waals surface area contributed by atoms with Gasteiger partial charge in [-0.1, -0.05) is 6.58 Å². The minimum atomic E-state index is -0.411. The van der Waals surface area contributed by atoms with Gasteiger partial charge in [0, 0.05) is 6.61 Å². The van der Waals surface area contributed by atoms with Gasteiger partial charge in [-0.3, -0.25) is 0 Å². The van der Waals surface area contributed by atoms with Gasteiger partial charge < -0.3 is 37.9 Å². The molecule has 9 heteroatoms. The lowest BCUT2D eigenvalue weighted by Gasteiger charge is -2.09. The van der Waals surface area contributed by atoms with Crippen LogP contribution >= 0.6 is 0 Å². The fraction of sp³-hybridized carbons (Fsp3) is 0.609. The van der Waals surface area contributed by atoms with Crippen molar-refractivity contribution in [2.24, 2.45) is 0 Å². The molecule has 1 rings (SSSR count). The zero-order chi connectivity index (χ0) is 23.1. The van der Waals surface area contributed by atoms with Crippen LogP contribution in [0.5, 0.6) is 5.75 Å². The summed E-state index contributed by atoms with van der Waals surface area (Å²) in [4.78, 5) is 12.0. The van der Waals surface area contributed by atoms with Gasteiger partial charge in [0.1, 0.15) is 25.6 Å². The molecule has 0 radical (unpaired) electrons. The summed E-state index contributed by atoms with van der Waals surface area (Å²) in [6.07, 6.45) is 1.37. The summed E-state index contributed by atoms with van der Waals surface area (Å²) in [6, 6.07) is 6.75. The molecule has 0 spiro atoms. The molecule has 0 heterocycles. The number of ether oxygens (including phenoxy) is 8. The maximum absolute atomic E-state index is 12.0. The maximum Gasteiger partial charge on any atom is 0.338 e. The van der Waals surface area contributed by atoms with Crippen molar-refractivity contribution in [3.05, 3.63) is 42.7 Å². The van der Waals surface area contributed by atoms with E-state index >= 15 is 0 Å². The van der Waals surface area contributed by atoms with E-state index in [4.69, 9.17) is 37.9 Å². The Balaban J connectivity index is 2.00. The van der Waals surface area contributed by atoms with Crippen LogP contribution in [0.3, 0.4) is 0 Å². The topological polar surface area (TPSA) is 90.9 Å². The number of carbonyl (C=O) groups is 1. The predicted molar refractivity (Wildman–Crippen MR) is 118 cm³/mol. The van der Waals surface area contributed by atoms with Crippen molar-refractivity contribution in [2.45, 2.75) is 6.92 Å². The van der Waals surface area contributed by atoms with Gasteiger partial charge >= 0.3 is 5.97 Å². The number of carbonyl (C=O) groups excluding carboxylic acids is 1. The zero-order valence-corrected chi connectivity index (χ0v) is 19.0. The Labute approximate surface area is 190 Å². The first-order valence-electron chi connectivity index (χ1n) is 10.8. The van der Waals surface area contributed by atoms with Gasteiger partial charge in [0.05, 0.1) is 71.3 Å². The van der Waals surface area contributed by atoms with Crippen molar-refractivity contribution in [1.29, 1.82) is 0 Å². The number of hydrogen-bond donors (Lipinski definition) is 0. The fourth-order valence-electron chi connectivity index (χ4n) is 2.28. The first-order chi connectivity index (χ1) is 15.8. The first-order valence-corrected chi connectivity index (χ1v) is 10.8. The smallest absolute Gasteiger partial charge is 0.338 e. The maximum atomic E-state index is 12.0. The minimum absolute atomic E-state index is 0.170. The second kappa shape index (κ2) is 20.7. The van der Waals surface area contributed by atoms with E-state index in [1.54, 1.807) is 24.3 Å². The molecule has 32 heavy (non-hydrogen) atoms. The van der Waals surface area contributed by atoms with Crippen LogP contribution in [0.1, 0.15) is 17.3 Å². The standard InChI is InChI=1S/C23H36O9/c1-3-25-9-11-27-13-15-29-17-19-31-22-7-5-21(6-8-22)23(24)32-20-18-30-16-14-28-12-10-26-4-2/h4-8H,2-3,9-20H2,1H3. The van der Waals surface area contributed by atoms with E-state index in [1.165, 1.54) is 6.26 Å². The Bertz CT molecular complexity index is 577. The predicted octanol–water partition coefficient (Wildman–Crippen LogP) is 2.49. The monoisotopic (exact) mass is 456 g/mol. The van der Waals surface area contributed by atoms with E-state index in [-0.39, 0.29) is 6.61 Å². The molecule has 1 aromatic rings. The zero-order valence-electron chi connectivity index (χ0n) is 19.0. The molecule has 0 aliphatic rings. The minimum Gasteiger partial charge on any atom is -0.499 e. The van der Waals surface area contributed by atoms with Crippen molar-refractivity contribution >= 4 is 5.97 Å². The van der Waals surface area contributed by atoms with Gasteiger partial charge in [-0.05, 0) is 31.2 Å². The first kappa shape index (κ1) is 27.9. The molecule has 0 unspecified atom stereocenters. The molecular weight excluding hydrogens is 420 g/mol. The van der Waals surface area contributed by atoms with E-state index in [1.807, 2.05) is 6.92 Å². The van der Waals surface area contributed by atoms with Crippen LogP contribution in [-0.2, 0) is 33.2 Å². The number of rotatable bonds is 22. The Morgan fingerprint density at radius 1 is 0.719 bits per heavy atom. The highest BCUT2D eigenvalue weighted by Gasteiger charge is 2.07. The van der Waals surface area contributed by atoms with Gasteiger partial charge in [0.2, 0.25) is 0 Å². The van der Waals surface area contributed by atoms with Crippen molar-refractivity contribution in [2.75, 3.05) is 85.9 Å². The molecule has 182 valence electrons. The normalized spacial score (nSPS) is 10.7. The molecule has 0 aliphatic heterocycles. The molecule has 0 amide bonds. The van der Waals surface area contributed by atoms with Crippen molar-refractivity contribution < 1.29 is 42.7 Å². The van der Waals surface area contributed by atoms with Gasteiger partial charge in [-0.25, -0.2) is 4.79 Å². The largest absolute Gasteiger partial charge is 0.499 e. The number of esters is 1. The lowest BCUT2D eigenvalue weighted by molar-refractivity contribution is 0.00824. The lowest BCUT2D eigenvalue weighted by Crippen LogP contribution is -2.14. The summed E-state index contributed by atoms with van der Waals surface area (Å²) in [7, 11) is 0. The Morgan fingerprint density at radius 3 is 1.78 bits per heavy atom. The SMILES string of the molecule is C=COCCOCCOCCOC(=O)c1ccc(OCCOCCOCCOCC)cc1. The van der Waals surface area contributed by atoms with Crippen LogP contribution in [0.15, 0.2) is 37.1 Å². The molecule has 0 aliphatic carbocycles. The third kappa shape index (κ3) is 15.6. The van der Waals surface area contributed by atoms with Crippen molar-refractivity contribution in [3.8, 4) is 5.75 Å². The summed E-state index contributed by atoms with van der Waals surface area (Å²) < 4.78 is 42.3. The molecule has 0 atom stereocenters. The van der Waals surface area contributed by atoms with Gasteiger partial charge in [-0.15, -0.1) is 0 Å². The average Bonchev–Trinajstić information content (AvgIpc) is 2.81. The number of hydrogen-bond acceptors (Lipinski definition) is 9. The quantitative estimate of drug-likeness (QED) is 0.148. The van der Waals surface area contributed by atoms with Crippen LogP contribution in [0.2, 0.25) is 0 Å². The highest BCUT2D eigenvalue weighted by molar-refractivity contribution is 5.89. The van der Waals surface area contributed by atoms with Crippen molar-refractivity contribution in [3.63, 3.8) is 0 Å². The summed E-state index contributed by atoms with van der Waals surface area (Å²) >= 11 is 0. The molecule has 0 fully saturated rings. The summed E-state index contributed by atoms with van der Waals surface area (Å²) in [5.74, 6) is 0.241. The molecule has 1 aromatic carbocycles. The summed E-state index contributed by atoms with van der Waals surface area (Å²) in [5.41, 5.74) is 0.448. The second-order valence-corrected chi connectivity index (χ2v) is 6.19. The van der Waals surface area contributed by atoms with E-state index in [0.29, 0.717) is 90.6 Å². The molecular formula is C23H36O9. The van der Waals surface area contributed by atoms with E-state index < -0.39 is 5.97 Å². The van der Waals surface area contributed by atoms with Crippen LogP contribution in [0.25, 0.3) is 0 Å². The molecule has 9 nitrogen and oxygen atoms in total. The van der Waals surface area contributed by atoms with E-state index in [2.05, 4.69) is 6.58 Å². The van der Waals surface area contributed by atoms with Crippen LogP contribution in [-0.4, -0.2) is 91.9 Å². The van der Waals surface area contributed by atoms with Crippen LogP contribution in [0.4, 0.5) is 0 Å². The summed E-state index contributed by atoms with van der Waals surface area (Å²) in [5, 5.41) is 0. The Morgan fingerprint density at radius 2 is 1.22 bits per heavy atom. The van der Waals surface area contributed by atoms with Gasteiger partial charge in [-0.2, -0.15) is 0 Å². The molecule has 0 aromatic heterocycles. The van der Waals surface area contributed by atoms with E-state index in [0.717, 1.165) is 0 Å². The second-order valence-electron chi connectivity index (χ2n) is 6.19. The third-order valence-electron chi connectivity index (χ3n) is 3.83. The molecule has 0 saturated heterocycles. The number of benzene rings is 1. The van der Waals surface area contributed by atoms with Crippen LogP contribution in [0, 0.1) is 0 Å². The molecule has 0 N–H and O–H groups in total. The third-order valence-corrected chi connectivity index (χ3v) is 3.83. The highest BCUT2D eigenvalue weighted by atomic mass is 16.6.